The smallest absolute Gasteiger partial charge is 0.288 e. The van der Waals surface area contributed by atoms with Gasteiger partial charge in [0.2, 0.25) is 0 Å². The first-order valence-electron chi connectivity index (χ1n) is 5.03. The molecular formula is C12H8ClNO4. The van der Waals surface area contributed by atoms with Gasteiger partial charge in [-0.15, -0.1) is 0 Å². The molecule has 0 aliphatic carbocycles. The number of carbonyl (C=O) groups is 1. The van der Waals surface area contributed by atoms with Gasteiger partial charge in [0.05, 0.1) is 4.92 Å². The van der Waals surface area contributed by atoms with Crippen LogP contribution < -0.4 is 0 Å². The van der Waals surface area contributed by atoms with Crippen LogP contribution >= 0.6 is 11.6 Å². The molecule has 0 spiro atoms. The van der Waals surface area contributed by atoms with E-state index in [1.54, 1.807) is 13.0 Å². The third kappa shape index (κ3) is 2.12. The molecule has 0 fully saturated rings. The molecule has 0 aliphatic heterocycles. The van der Waals surface area contributed by atoms with Gasteiger partial charge in [0.1, 0.15) is 10.8 Å². The number of furan rings is 1. The van der Waals surface area contributed by atoms with Crippen LogP contribution in [0.5, 0.6) is 0 Å². The first-order chi connectivity index (χ1) is 8.52. The number of aryl methyl sites for hydroxylation is 1. The maximum absolute atomic E-state index is 10.7. The molecule has 0 saturated heterocycles. The molecular weight excluding hydrogens is 258 g/mol. The summed E-state index contributed by atoms with van der Waals surface area (Å²) in [6, 6.07) is 5.98. The fourth-order valence-corrected chi connectivity index (χ4v) is 1.87. The van der Waals surface area contributed by atoms with Gasteiger partial charge in [-0.2, -0.15) is 0 Å². The Morgan fingerprint density at radius 1 is 1.39 bits per heavy atom. The predicted octanol–water partition coefficient (Wildman–Crippen LogP) is 3.63. The highest BCUT2D eigenvalue weighted by Gasteiger charge is 2.17. The summed E-state index contributed by atoms with van der Waals surface area (Å²) in [5, 5.41) is 10.8. The van der Waals surface area contributed by atoms with Crippen molar-refractivity contribution in [2.24, 2.45) is 0 Å². The van der Waals surface area contributed by atoms with Crippen molar-refractivity contribution in [1.29, 1.82) is 0 Å². The fourth-order valence-electron chi connectivity index (χ4n) is 1.63. The van der Waals surface area contributed by atoms with Crippen LogP contribution in [0.25, 0.3) is 11.3 Å². The quantitative estimate of drug-likeness (QED) is 0.482. The number of hydrogen-bond donors (Lipinski definition) is 0. The van der Waals surface area contributed by atoms with Crippen molar-refractivity contribution < 1.29 is 14.1 Å². The zero-order valence-electron chi connectivity index (χ0n) is 9.34. The molecule has 2 aromatic rings. The maximum Gasteiger partial charge on any atom is 0.288 e. The van der Waals surface area contributed by atoms with Crippen molar-refractivity contribution in [2.75, 3.05) is 0 Å². The Kier molecular flexibility index (Phi) is 3.16. The summed E-state index contributed by atoms with van der Waals surface area (Å²) in [4.78, 5) is 20.7. The van der Waals surface area contributed by atoms with Crippen molar-refractivity contribution in [3.05, 3.63) is 50.7 Å². The van der Waals surface area contributed by atoms with E-state index in [9.17, 15) is 14.9 Å². The van der Waals surface area contributed by atoms with E-state index >= 15 is 0 Å². The normalized spacial score (nSPS) is 10.3. The lowest BCUT2D eigenvalue weighted by Gasteiger charge is -2.04. The number of aldehydes is 1. The van der Waals surface area contributed by atoms with Crippen molar-refractivity contribution in [3.8, 4) is 11.3 Å². The average Bonchev–Trinajstić information content (AvgIpc) is 2.79. The van der Waals surface area contributed by atoms with Crippen LogP contribution in [0.1, 0.15) is 16.1 Å². The summed E-state index contributed by atoms with van der Waals surface area (Å²) in [5.74, 6) is 0.644. The van der Waals surface area contributed by atoms with Gasteiger partial charge in [-0.25, -0.2) is 0 Å². The van der Waals surface area contributed by atoms with Crippen molar-refractivity contribution in [2.45, 2.75) is 6.92 Å². The minimum Gasteiger partial charge on any atom is -0.453 e. The molecule has 92 valence electrons. The van der Waals surface area contributed by atoms with E-state index < -0.39 is 4.92 Å². The van der Waals surface area contributed by atoms with Gasteiger partial charge in [0, 0.05) is 11.6 Å². The maximum atomic E-state index is 10.7. The summed E-state index contributed by atoms with van der Waals surface area (Å²) in [6.07, 6.45) is 0.589. The fraction of sp³-hybridized carbons (Fsp3) is 0.0833. The van der Waals surface area contributed by atoms with Gasteiger partial charge in [-0.05, 0) is 30.7 Å². The van der Waals surface area contributed by atoms with Crippen LogP contribution in [-0.4, -0.2) is 11.2 Å². The zero-order chi connectivity index (χ0) is 13.3. The number of benzene rings is 1. The van der Waals surface area contributed by atoms with Gasteiger partial charge < -0.3 is 4.42 Å². The lowest BCUT2D eigenvalue weighted by molar-refractivity contribution is -0.384. The Labute approximate surface area is 107 Å². The molecule has 0 atom stereocenters. The molecule has 1 aromatic carbocycles. The topological polar surface area (TPSA) is 73.3 Å². The number of carbonyl (C=O) groups excluding carboxylic acids is 1. The average molecular weight is 266 g/mol. The van der Waals surface area contributed by atoms with E-state index in [1.807, 2.05) is 0 Å². The van der Waals surface area contributed by atoms with Crippen LogP contribution in [0.3, 0.4) is 0 Å². The van der Waals surface area contributed by atoms with E-state index in [0.717, 1.165) is 0 Å². The highest BCUT2D eigenvalue weighted by molar-refractivity contribution is 6.33. The van der Waals surface area contributed by atoms with Crippen LogP contribution in [0.2, 0.25) is 5.02 Å². The number of rotatable bonds is 3. The first-order valence-corrected chi connectivity index (χ1v) is 5.40. The Bertz CT molecular complexity index is 633. The van der Waals surface area contributed by atoms with Crippen molar-refractivity contribution in [3.63, 3.8) is 0 Å². The number of nitrogens with zero attached hydrogens (tertiary/aromatic N) is 1. The van der Waals surface area contributed by atoms with Crippen LogP contribution in [0, 0.1) is 17.0 Å². The van der Waals surface area contributed by atoms with Gasteiger partial charge in [0.25, 0.3) is 5.69 Å². The van der Waals surface area contributed by atoms with Crippen molar-refractivity contribution >= 4 is 23.6 Å². The summed E-state index contributed by atoms with van der Waals surface area (Å²) in [5.41, 5.74) is 1.12. The molecule has 5 nitrogen and oxygen atoms in total. The van der Waals surface area contributed by atoms with Gasteiger partial charge >= 0.3 is 0 Å². The molecule has 0 radical (unpaired) electrons. The standard InChI is InChI=1S/C12H8ClNO4/c1-7-4-11(14(16)17)10(13)5-9(7)12-3-2-8(6-15)18-12/h2-6H,1H3. The summed E-state index contributed by atoms with van der Waals surface area (Å²) < 4.78 is 5.26. The van der Waals surface area contributed by atoms with E-state index in [1.165, 1.54) is 18.2 Å². The molecule has 0 N–H and O–H groups in total. The molecule has 2 rings (SSSR count). The molecule has 0 saturated carbocycles. The van der Waals surface area contributed by atoms with Gasteiger partial charge in [-0.1, -0.05) is 11.6 Å². The largest absolute Gasteiger partial charge is 0.453 e. The number of nitro groups is 1. The summed E-state index contributed by atoms with van der Waals surface area (Å²) >= 11 is 5.83. The summed E-state index contributed by atoms with van der Waals surface area (Å²) in [7, 11) is 0. The van der Waals surface area contributed by atoms with E-state index in [0.29, 0.717) is 23.2 Å². The lowest BCUT2D eigenvalue weighted by atomic mass is 10.1. The SMILES string of the molecule is Cc1cc([N+](=O)[O-])c(Cl)cc1-c1ccc(C=O)o1. The highest BCUT2D eigenvalue weighted by Crippen LogP contribution is 2.33. The molecule has 0 aliphatic rings. The predicted molar refractivity (Wildman–Crippen MR) is 65.9 cm³/mol. The monoisotopic (exact) mass is 265 g/mol. The second kappa shape index (κ2) is 4.62. The van der Waals surface area contributed by atoms with Crippen molar-refractivity contribution in [1.82, 2.24) is 0 Å². The van der Waals surface area contributed by atoms with Gasteiger partial charge in [0.15, 0.2) is 12.0 Å². The molecule has 18 heavy (non-hydrogen) atoms. The molecule has 6 heteroatoms. The molecule has 0 amide bonds. The van der Waals surface area contributed by atoms with E-state index in [2.05, 4.69) is 0 Å². The van der Waals surface area contributed by atoms with Crippen LogP contribution in [0.15, 0.2) is 28.7 Å². The van der Waals surface area contributed by atoms with Crippen LogP contribution in [-0.2, 0) is 0 Å². The molecule has 0 unspecified atom stereocenters. The molecule has 1 heterocycles. The van der Waals surface area contributed by atoms with Crippen LogP contribution in [0.4, 0.5) is 5.69 Å². The number of halogens is 1. The molecule has 1 aromatic heterocycles. The first kappa shape index (κ1) is 12.3. The molecule has 0 bridgehead atoms. The second-order valence-corrected chi connectivity index (χ2v) is 4.10. The minimum absolute atomic E-state index is 0.0321. The highest BCUT2D eigenvalue weighted by atomic mass is 35.5. The Balaban J connectivity index is 2.55. The summed E-state index contributed by atoms with van der Waals surface area (Å²) in [6.45, 7) is 1.71. The minimum atomic E-state index is -0.544. The number of hydrogen-bond acceptors (Lipinski definition) is 4. The van der Waals surface area contributed by atoms with Gasteiger partial charge in [-0.3, -0.25) is 14.9 Å². The Morgan fingerprint density at radius 3 is 2.67 bits per heavy atom. The third-order valence-electron chi connectivity index (χ3n) is 2.50. The second-order valence-electron chi connectivity index (χ2n) is 3.70. The Hall–Kier alpha value is -2.14. The number of nitro benzene ring substituents is 1. The Morgan fingerprint density at radius 2 is 2.11 bits per heavy atom. The lowest BCUT2D eigenvalue weighted by Crippen LogP contribution is -1.92. The van der Waals surface area contributed by atoms with E-state index in [4.69, 9.17) is 16.0 Å². The van der Waals surface area contributed by atoms with E-state index in [-0.39, 0.29) is 16.5 Å². The zero-order valence-corrected chi connectivity index (χ0v) is 10.1. The third-order valence-corrected chi connectivity index (χ3v) is 2.80.